The lowest BCUT2D eigenvalue weighted by Gasteiger charge is -2.36. The number of methoxy groups -OCH3 is 2. The van der Waals surface area contributed by atoms with Gasteiger partial charge in [-0.15, -0.1) is 0 Å². The Labute approximate surface area is 231 Å². The van der Waals surface area contributed by atoms with Crippen LogP contribution in [0.1, 0.15) is 30.9 Å². The van der Waals surface area contributed by atoms with Crippen LogP contribution in [0.2, 0.25) is 5.02 Å². The first-order valence-electron chi connectivity index (χ1n) is 12.2. The van der Waals surface area contributed by atoms with Gasteiger partial charge in [-0.25, -0.2) is 8.42 Å². The average molecular weight is 587 g/mol. The number of anilines is 1. The summed E-state index contributed by atoms with van der Waals surface area (Å²) in [5.74, 6) is 0.916. The molecule has 2 aliphatic rings. The fraction of sp³-hybridized carbons (Fsp3) is 0.407. The van der Waals surface area contributed by atoms with Crippen molar-refractivity contribution in [2.45, 2.75) is 36.8 Å². The maximum Gasteiger partial charge on any atom is 0.416 e. The van der Waals surface area contributed by atoms with Gasteiger partial charge in [-0.3, -0.25) is 4.72 Å². The number of allylic oxidation sites excluding steroid dienone is 2. The summed E-state index contributed by atoms with van der Waals surface area (Å²) in [7, 11) is 0.559. The molecule has 0 amide bonds. The largest absolute Gasteiger partial charge is 0.497 e. The van der Waals surface area contributed by atoms with E-state index >= 15 is 0 Å². The minimum absolute atomic E-state index is 0.0775. The van der Waals surface area contributed by atoms with Crippen LogP contribution in [-0.2, 0) is 25.7 Å². The van der Waals surface area contributed by atoms with Crippen molar-refractivity contribution >= 4 is 32.9 Å². The van der Waals surface area contributed by atoms with Crippen molar-refractivity contribution in [3.63, 3.8) is 0 Å². The molecule has 1 saturated heterocycles. The summed E-state index contributed by atoms with van der Waals surface area (Å²) >= 11 is 6.33. The lowest BCUT2D eigenvalue weighted by Crippen LogP contribution is -2.43. The van der Waals surface area contributed by atoms with E-state index in [9.17, 15) is 21.6 Å². The van der Waals surface area contributed by atoms with Crippen LogP contribution in [0.15, 0.2) is 60.1 Å². The summed E-state index contributed by atoms with van der Waals surface area (Å²) in [6.07, 6.45) is -2.43. The fourth-order valence-electron chi connectivity index (χ4n) is 4.76. The zero-order valence-electron chi connectivity index (χ0n) is 21.9. The molecule has 2 atom stereocenters. The highest BCUT2D eigenvalue weighted by Gasteiger charge is 2.47. The first-order valence-corrected chi connectivity index (χ1v) is 14.0. The number of nitrogens with one attached hydrogen (secondary N) is 1. The lowest BCUT2D eigenvalue weighted by molar-refractivity contribution is -0.137. The molecule has 0 saturated carbocycles. The van der Waals surface area contributed by atoms with Crippen LogP contribution in [-0.4, -0.2) is 58.5 Å². The number of alkyl halides is 3. The predicted molar refractivity (Wildman–Crippen MR) is 144 cm³/mol. The van der Waals surface area contributed by atoms with Crippen molar-refractivity contribution < 1.29 is 35.8 Å². The summed E-state index contributed by atoms with van der Waals surface area (Å²) in [6, 6.07) is 8.94. The zero-order chi connectivity index (χ0) is 28.6. The van der Waals surface area contributed by atoms with Gasteiger partial charge in [0.2, 0.25) is 10.0 Å². The maximum atomic E-state index is 14.0. The van der Waals surface area contributed by atoms with Gasteiger partial charge in [-0.1, -0.05) is 23.7 Å². The predicted octanol–water partition coefficient (Wildman–Crippen LogP) is 5.93. The normalized spacial score (nSPS) is 22.5. The van der Waals surface area contributed by atoms with Gasteiger partial charge >= 0.3 is 6.18 Å². The number of likely N-dealkylation sites (tertiary alicyclic amines) is 1. The molecule has 1 aliphatic heterocycles. The van der Waals surface area contributed by atoms with Gasteiger partial charge in [0, 0.05) is 25.6 Å². The van der Waals surface area contributed by atoms with Gasteiger partial charge in [0.15, 0.2) is 5.76 Å². The smallest absolute Gasteiger partial charge is 0.416 e. The van der Waals surface area contributed by atoms with Crippen molar-refractivity contribution in [3.05, 3.63) is 76.2 Å². The molecule has 7 nitrogen and oxygen atoms in total. The minimum atomic E-state index is -4.53. The monoisotopic (exact) mass is 586 g/mol. The van der Waals surface area contributed by atoms with Crippen molar-refractivity contribution in [3.8, 4) is 5.75 Å². The molecule has 1 aliphatic carbocycles. The van der Waals surface area contributed by atoms with Crippen LogP contribution in [0.5, 0.6) is 5.75 Å². The first kappa shape index (κ1) is 29.1. The molecule has 0 radical (unpaired) electrons. The molecule has 12 heteroatoms. The lowest BCUT2D eigenvalue weighted by atomic mass is 9.85. The highest BCUT2D eigenvalue weighted by Crippen LogP contribution is 2.45. The Morgan fingerprint density at radius 3 is 2.36 bits per heavy atom. The zero-order valence-corrected chi connectivity index (χ0v) is 23.5. The summed E-state index contributed by atoms with van der Waals surface area (Å²) < 4.78 is 85.4. The molecule has 0 bridgehead atoms. The summed E-state index contributed by atoms with van der Waals surface area (Å²) in [4.78, 5) is 2.12. The number of ether oxygens (including phenoxy) is 3. The van der Waals surface area contributed by atoms with Crippen LogP contribution in [0, 0.1) is 0 Å². The number of likely N-dealkylation sites (N-methyl/N-ethyl adjacent to an activating group) is 1. The van der Waals surface area contributed by atoms with Gasteiger partial charge in [-0.2, -0.15) is 13.2 Å². The van der Waals surface area contributed by atoms with E-state index in [1.165, 1.54) is 51.5 Å². The second-order valence-electron chi connectivity index (χ2n) is 9.78. The van der Waals surface area contributed by atoms with Crippen molar-refractivity contribution in [1.29, 1.82) is 0 Å². The third-order valence-electron chi connectivity index (χ3n) is 7.03. The van der Waals surface area contributed by atoms with Crippen molar-refractivity contribution in [2.24, 2.45) is 0 Å². The number of benzene rings is 2. The van der Waals surface area contributed by atoms with Crippen molar-refractivity contribution in [2.75, 3.05) is 39.1 Å². The molecule has 2 aromatic carbocycles. The molecule has 1 heterocycles. The number of sulfonamides is 1. The van der Waals surface area contributed by atoms with Crippen LogP contribution in [0.4, 0.5) is 18.9 Å². The topological polar surface area (TPSA) is 77.1 Å². The molecule has 1 unspecified atom stereocenters. The maximum absolute atomic E-state index is 14.0. The number of rotatable bonds is 8. The standard InChI is InChI=1S/C27H30ClF3N2O5S/c1-26(39(34,35)32-19-9-10-22(28)23(13-19)38-20-11-12-33(2)16-20)15-25(37-4)24(36-3)14-21(26)17-5-7-18(8-6-17)27(29,30)31/h5-10,13-14,20,32H,11-12,15-16H2,1-4H3/t20-,26?/m1/s1. The summed E-state index contributed by atoms with van der Waals surface area (Å²) in [6.45, 7) is 3.09. The quantitative estimate of drug-likeness (QED) is 0.413. The van der Waals surface area contributed by atoms with Gasteiger partial charge in [-0.05, 0) is 61.9 Å². The third kappa shape index (κ3) is 6.00. The second kappa shape index (κ2) is 10.9. The number of halogens is 4. The molecular weight excluding hydrogens is 557 g/mol. The summed E-state index contributed by atoms with van der Waals surface area (Å²) in [5.41, 5.74) is -0.0614. The van der Waals surface area contributed by atoms with E-state index in [2.05, 4.69) is 9.62 Å². The third-order valence-corrected chi connectivity index (χ3v) is 9.39. The van der Waals surface area contributed by atoms with E-state index in [1.54, 1.807) is 6.07 Å². The van der Waals surface area contributed by atoms with Gasteiger partial charge in [0.25, 0.3) is 0 Å². The Bertz CT molecular complexity index is 1390. The molecule has 39 heavy (non-hydrogen) atoms. The summed E-state index contributed by atoms with van der Waals surface area (Å²) in [5, 5.41) is 0.344. The fourth-order valence-corrected chi connectivity index (χ4v) is 6.37. The molecule has 4 rings (SSSR count). The second-order valence-corrected chi connectivity index (χ2v) is 12.3. The van der Waals surface area contributed by atoms with E-state index < -0.39 is 26.5 Å². The SMILES string of the molecule is COC1=C(OC)CC(C)(S(=O)(=O)Nc2ccc(Cl)c(O[C@@H]3CCN(C)C3)c2)C(c2ccc(C(F)(F)F)cc2)=C1. The highest BCUT2D eigenvalue weighted by atomic mass is 35.5. The van der Waals surface area contributed by atoms with Crippen LogP contribution in [0.3, 0.4) is 0 Å². The molecule has 212 valence electrons. The van der Waals surface area contributed by atoms with E-state index in [0.717, 1.165) is 31.6 Å². The van der Waals surface area contributed by atoms with Gasteiger partial charge < -0.3 is 19.1 Å². The van der Waals surface area contributed by atoms with Crippen LogP contribution < -0.4 is 9.46 Å². The van der Waals surface area contributed by atoms with E-state index in [0.29, 0.717) is 16.3 Å². The van der Waals surface area contributed by atoms with Crippen LogP contribution >= 0.6 is 11.6 Å². The molecule has 2 aromatic rings. The molecule has 1 N–H and O–H groups in total. The number of hydrogen-bond acceptors (Lipinski definition) is 6. The highest BCUT2D eigenvalue weighted by molar-refractivity contribution is 7.94. The Hall–Kier alpha value is -2.89. The van der Waals surface area contributed by atoms with Crippen LogP contribution in [0.25, 0.3) is 5.57 Å². The average Bonchev–Trinajstić information content (AvgIpc) is 3.29. The Kier molecular flexibility index (Phi) is 8.16. The van der Waals surface area contributed by atoms with E-state index in [-0.39, 0.29) is 35.3 Å². The Balaban J connectivity index is 1.71. The Morgan fingerprint density at radius 2 is 1.79 bits per heavy atom. The van der Waals surface area contributed by atoms with Crippen molar-refractivity contribution in [1.82, 2.24) is 4.90 Å². The number of nitrogens with zero attached hydrogens (tertiary/aromatic N) is 1. The minimum Gasteiger partial charge on any atom is -0.497 e. The van der Waals surface area contributed by atoms with E-state index in [1.807, 2.05) is 7.05 Å². The first-order chi connectivity index (χ1) is 18.3. The number of hydrogen-bond donors (Lipinski definition) is 1. The van der Waals surface area contributed by atoms with Gasteiger partial charge in [0.05, 0.1) is 30.5 Å². The molecular formula is C27H30ClF3N2O5S. The molecule has 1 fully saturated rings. The molecule has 0 aromatic heterocycles. The van der Waals surface area contributed by atoms with Gasteiger partial charge in [0.1, 0.15) is 22.4 Å². The van der Waals surface area contributed by atoms with E-state index in [4.69, 9.17) is 25.8 Å². The molecule has 0 spiro atoms. The Morgan fingerprint density at radius 1 is 1.10 bits per heavy atom.